The summed E-state index contributed by atoms with van der Waals surface area (Å²) in [6.07, 6.45) is 2.94. The van der Waals surface area contributed by atoms with E-state index in [1.807, 2.05) is 18.7 Å². The topological polar surface area (TPSA) is 15.7 Å². The fourth-order valence-electron chi connectivity index (χ4n) is 4.41. The first-order chi connectivity index (χ1) is 12.2. The van der Waals surface area contributed by atoms with Crippen LogP contribution in [0, 0.1) is 5.92 Å². The van der Waals surface area contributed by atoms with Gasteiger partial charge in [-0.1, -0.05) is 0 Å². The summed E-state index contributed by atoms with van der Waals surface area (Å²) >= 11 is 0. The summed E-state index contributed by atoms with van der Waals surface area (Å²) in [7, 11) is 0. The second kappa shape index (κ2) is 9.74. The van der Waals surface area contributed by atoms with E-state index in [0.717, 1.165) is 45.1 Å². The molecule has 2 aliphatic rings. The average molecular weight is 379 g/mol. The lowest BCUT2D eigenvalue weighted by atomic mass is 9.84. The Hall–Kier alpha value is -0.330. The SMILES string of the molecule is CC(C)O[C@H]1CC[C@H](CCCN2CCN(C(C)C)C[C@@H]2C(F)(F)F)CC1. The third-order valence-corrected chi connectivity index (χ3v) is 5.95. The highest BCUT2D eigenvalue weighted by atomic mass is 19.4. The Balaban J connectivity index is 1.74. The molecule has 1 aliphatic heterocycles. The molecule has 3 nitrogen and oxygen atoms in total. The molecule has 1 heterocycles. The van der Waals surface area contributed by atoms with Crippen molar-refractivity contribution in [2.24, 2.45) is 5.92 Å². The van der Waals surface area contributed by atoms with Crippen molar-refractivity contribution in [2.45, 2.75) is 96.7 Å². The zero-order valence-corrected chi connectivity index (χ0v) is 16.9. The second-order valence-corrected chi connectivity index (χ2v) is 8.65. The summed E-state index contributed by atoms with van der Waals surface area (Å²) < 4.78 is 46.3. The number of halogens is 3. The molecule has 0 bridgehead atoms. The minimum Gasteiger partial charge on any atom is -0.376 e. The highest BCUT2D eigenvalue weighted by Gasteiger charge is 2.46. The predicted octanol–water partition coefficient (Wildman–Crippen LogP) is 4.71. The highest BCUT2D eigenvalue weighted by molar-refractivity contribution is 4.88. The third-order valence-electron chi connectivity index (χ3n) is 5.95. The molecule has 0 aromatic rings. The molecule has 0 aromatic heterocycles. The molecule has 0 N–H and O–H groups in total. The molecule has 1 atom stereocenters. The normalized spacial score (nSPS) is 29.7. The molecule has 0 radical (unpaired) electrons. The maximum absolute atomic E-state index is 13.5. The Bertz CT molecular complexity index is 406. The van der Waals surface area contributed by atoms with E-state index in [4.69, 9.17) is 4.74 Å². The Morgan fingerprint density at radius 1 is 1.00 bits per heavy atom. The first-order valence-electron chi connectivity index (χ1n) is 10.4. The third kappa shape index (κ3) is 6.68. The molecule has 0 spiro atoms. The molecule has 26 heavy (non-hydrogen) atoms. The number of hydrogen-bond donors (Lipinski definition) is 0. The molecular formula is C20H37F3N2O. The summed E-state index contributed by atoms with van der Waals surface area (Å²) in [6.45, 7) is 10.0. The summed E-state index contributed by atoms with van der Waals surface area (Å²) in [4.78, 5) is 3.62. The Kier molecular flexibility index (Phi) is 8.23. The molecular weight excluding hydrogens is 341 g/mol. The van der Waals surface area contributed by atoms with Gasteiger partial charge in [0.25, 0.3) is 0 Å². The van der Waals surface area contributed by atoms with Gasteiger partial charge in [-0.15, -0.1) is 0 Å². The summed E-state index contributed by atoms with van der Waals surface area (Å²) in [5, 5.41) is 0. The number of hydrogen-bond acceptors (Lipinski definition) is 3. The fourth-order valence-corrected chi connectivity index (χ4v) is 4.41. The van der Waals surface area contributed by atoms with Crippen LogP contribution in [0.1, 0.15) is 66.2 Å². The van der Waals surface area contributed by atoms with Gasteiger partial charge in [0, 0.05) is 25.7 Å². The van der Waals surface area contributed by atoms with Gasteiger partial charge in [-0.25, -0.2) is 0 Å². The van der Waals surface area contributed by atoms with Crippen molar-refractivity contribution in [3.63, 3.8) is 0 Å². The van der Waals surface area contributed by atoms with Crippen LogP contribution in [-0.2, 0) is 4.74 Å². The Labute approximate surface area is 157 Å². The maximum Gasteiger partial charge on any atom is 0.405 e. The van der Waals surface area contributed by atoms with E-state index >= 15 is 0 Å². The molecule has 0 unspecified atom stereocenters. The molecule has 1 saturated carbocycles. The van der Waals surface area contributed by atoms with Crippen molar-refractivity contribution in [1.29, 1.82) is 0 Å². The second-order valence-electron chi connectivity index (χ2n) is 8.65. The maximum atomic E-state index is 13.5. The zero-order valence-electron chi connectivity index (χ0n) is 16.9. The van der Waals surface area contributed by atoms with Crippen molar-refractivity contribution < 1.29 is 17.9 Å². The van der Waals surface area contributed by atoms with Gasteiger partial charge in [0.1, 0.15) is 6.04 Å². The van der Waals surface area contributed by atoms with Crippen molar-refractivity contribution in [3.8, 4) is 0 Å². The van der Waals surface area contributed by atoms with Gasteiger partial charge in [0.05, 0.1) is 12.2 Å². The van der Waals surface area contributed by atoms with Crippen LogP contribution in [0.15, 0.2) is 0 Å². The molecule has 1 aliphatic carbocycles. The van der Waals surface area contributed by atoms with Crippen LogP contribution in [0.4, 0.5) is 13.2 Å². The monoisotopic (exact) mass is 378 g/mol. The molecule has 2 rings (SSSR count). The van der Waals surface area contributed by atoms with Crippen LogP contribution in [0.5, 0.6) is 0 Å². The average Bonchev–Trinajstić information content (AvgIpc) is 2.55. The summed E-state index contributed by atoms with van der Waals surface area (Å²) in [6, 6.07) is -1.14. The van der Waals surface area contributed by atoms with Crippen molar-refractivity contribution in [3.05, 3.63) is 0 Å². The summed E-state index contributed by atoms with van der Waals surface area (Å²) in [5.74, 6) is 0.656. The van der Waals surface area contributed by atoms with E-state index in [1.54, 1.807) is 4.90 Å². The Morgan fingerprint density at radius 2 is 1.65 bits per heavy atom. The van der Waals surface area contributed by atoms with Crippen LogP contribution in [0.3, 0.4) is 0 Å². The van der Waals surface area contributed by atoms with Crippen molar-refractivity contribution >= 4 is 0 Å². The first kappa shape index (κ1) is 22.0. The van der Waals surface area contributed by atoms with E-state index < -0.39 is 12.2 Å². The highest BCUT2D eigenvalue weighted by Crippen LogP contribution is 2.32. The van der Waals surface area contributed by atoms with Gasteiger partial charge in [-0.3, -0.25) is 9.80 Å². The predicted molar refractivity (Wildman–Crippen MR) is 99.3 cm³/mol. The van der Waals surface area contributed by atoms with Crippen LogP contribution in [0.2, 0.25) is 0 Å². The van der Waals surface area contributed by atoms with Gasteiger partial charge in [0.15, 0.2) is 0 Å². The quantitative estimate of drug-likeness (QED) is 0.638. The van der Waals surface area contributed by atoms with Crippen molar-refractivity contribution in [1.82, 2.24) is 9.80 Å². The van der Waals surface area contributed by atoms with E-state index in [2.05, 4.69) is 13.8 Å². The van der Waals surface area contributed by atoms with Gasteiger partial charge in [0.2, 0.25) is 0 Å². The molecule has 1 saturated heterocycles. The number of rotatable bonds is 7. The van der Waals surface area contributed by atoms with E-state index in [-0.39, 0.29) is 18.7 Å². The number of alkyl halides is 3. The van der Waals surface area contributed by atoms with E-state index in [1.165, 1.54) is 0 Å². The standard InChI is InChI=1S/C20H37F3N2O/c1-15(2)25-13-12-24(19(14-25)20(21,22)23)11-5-6-17-7-9-18(10-8-17)26-16(3)4/h15-19H,5-14H2,1-4H3/t17-,18-,19-/m1/s1. The lowest BCUT2D eigenvalue weighted by Crippen LogP contribution is -2.60. The number of piperazine rings is 1. The lowest BCUT2D eigenvalue weighted by Gasteiger charge is -2.43. The molecule has 154 valence electrons. The van der Waals surface area contributed by atoms with Crippen LogP contribution >= 0.6 is 0 Å². The molecule has 6 heteroatoms. The van der Waals surface area contributed by atoms with Crippen molar-refractivity contribution in [2.75, 3.05) is 26.2 Å². The zero-order chi connectivity index (χ0) is 19.3. The van der Waals surface area contributed by atoms with Crippen LogP contribution < -0.4 is 0 Å². The van der Waals surface area contributed by atoms with E-state index in [9.17, 15) is 13.2 Å². The lowest BCUT2D eigenvalue weighted by molar-refractivity contribution is -0.198. The molecule has 2 fully saturated rings. The Morgan fingerprint density at radius 3 is 2.19 bits per heavy atom. The van der Waals surface area contributed by atoms with Gasteiger partial charge in [-0.05, 0) is 78.7 Å². The first-order valence-corrected chi connectivity index (χ1v) is 10.4. The largest absolute Gasteiger partial charge is 0.405 e. The van der Waals surface area contributed by atoms with Gasteiger partial charge >= 0.3 is 6.18 Å². The molecule has 0 aromatic carbocycles. The van der Waals surface area contributed by atoms with Crippen LogP contribution in [-0.4, -0.2) is 66.4 Å². The minimum absolute atomic E-state index is 0.110. The number of nitrogens with zero attached hydrogens (tertiary/aromatic N) is 2. The fraction of sp³-hybridized carbons (Fsp3) is 1.00. The van der Waals surface area contributed by atoms with E-state index in [0.29, 0.717) is 25.1 Å². The van der Waals surface area contributed by atoms with Gasteiger partial charge in [-0.2, -0.15) is 13.2 Å². The summed E-state index contributed by atoms with van der Waals surface area (Å²) in [5.41, 5.74) is 0. The van der Waals surface area contributed by atoms with Crippen LogP contribution in [0.25, 0.3) is 0 Å². The molecule has 0 amide bonds. The smallest absolute Gasteiger partial charge is 0.376 e. The number of ether oxygens (including phenoxy) is 1. The van der Waals surface area contributed by atoms with Gasteiger partial charge < -0.3 is 4.74 Å². The minimum atomic E-state index is -4.14.